The van der Waals surface area contributed by atoms with Crippen LogP contribution < -0.4 is 0 Å². The minimum Gasteiger partial charge on any atom is -0.435 e. The Hall–Kier alpha value is -0.480. The first kappa shape index (κ1) is 21.7. The summed E-state index contributed by atoms with van der Waals surface area (Å²) in [5, 5.41) is 0. The minimum absolute atomic E-state index is 0.110. The largest absolute Gasteiger partial charge is 0.435 e. The summed E-state index contributed by atoms with van der Waals surface area (Å²) in [6, 6.07) is 0. The van der Waals surface area contributed by atoms with Gasteiger partial charge >= 0.3 is 5.97 Å². The molecule has 0 aromatic rings. The fraction of sp³-hybridized carbons (Fsp3) is 0.880. The van der Waals surface area contributed by atoms with E-state index in [1.54, 1.807) is 11.8 Å². The van der Waals surface area contributed by atoms with Gasteiger partial charge in [0, 0.05) is 0 Å². The van der Waals surface area contributed by atoms with E-state index in [9.17, 15) is 4.79 Å². The highest BCUT2D eigenvalue weighted by Crippen LogP contribution is 2.50. The lowest BCUT2D eigenvalue weighted by Crippen LogP contribution is -2.37. The molecule has 6 atom stereocenters. The van der Waals surface area contributed by atoms with Gasteiger partial charge in [0.1, 0.15) is 0 Å². The van der Waals surface area contributed by atoms with Crippen LogP contribution in [0, 0.1) is 29.6 Å². The van der Waals surface area contributed by atoms with Crippen LogP contribution in [0.15, 0.2) is 12.2 Å². The zero-order valence-corrected chi connectivity index (χ0v) is 19.0. The highest BCUT2D eigenvalue weighted by Gasteiger charge is 2.40. The van der Waals surface area contributed by atoms with E-state index in [1.165, 1.54) is 64.2 Å². The predicted molar refractivity (Wildman–Crippen MR) is 120 cm³/mol. The van der Waals surface area contributed by atoms with Crippen LogP contribution in [-0.2, 0) is 14.3 Å². The normalized spacial score (nSPS) is 36.1. The van der Waals surface area contributed by atoms with Crippen LogP contribution in [0.3, 0.4) is 0 Å². The van der Waals surface area contributed by atoms with Gasteiger partial charge < -0.3 is 9.47 Å². The average molecular weight is 421 g/mol. The molecule has 0 aliphatic heterocycles. The lowest BCUT2D eigenvalue weighted by molar-refractivity contribution is -0.184. The molecule has 4 rings (SSSR count). The molecule has 0 spiro atoms. The molecule has 4 aliphatic carbocycles. The molecule has 0 radical (unpaired) electrons. The zero-order chi connectivity index (χ0) is 20.1. The van der Waals surface area contributed by atoms with Crippen LogP contribution in [0.4, 0.5) is 0 Å². The average Bonchev–Trinajstić information content (AvgIpc) is 2.72. The molecule has 0 bridgehead atoms. The smallest absolute Gasteiger partial charge is 0.318 e. The maximum atomic E-state index is 12.2. The van der Waals surface area contributed by atoms with Gasteiger partial charge in [-0.25, -0.2) is 0 Å². The van der Waals surface area contributed by atoms with Gasteiger partial charge in [-0.2, -0.15) is 0 Å². The molecule has 0 amide bonds. The van der Waals surface area contributed by atoms with Crippen molar-refractivity contribution in [1.29, 1.82) is 0 Å². The fourth-order valence-electron chi connectivity index (χ4n) is 6.48. The summed E-state index contributed by atoms with van der Waals surface area (Å²) in [5.74, 6) is 6.11. The van der Waals surface area contributed by atoms with Crippen LogP contribution in [0.25, 0.3) is 0 Å². The molecule has 29 heavy (non-hydrogen) atoms. The Labute approximate surface area is 181 Å². The molecule has 0 aromatic carbocycles. The summed E-state index contributed by atoms with van der Waals surface area (Å²) < 4.78 is 11.4. The first-order chi connectivity index (χ1) is 14.2. The molecule has 4 heteroatoms. The second-order valence-corrected chi connectivity index (χ2v) is 11.1. The molecule has 164 valence electrons. The number of thioether (sulfide) groups is 1. The molecular formula is C25H40O3S. The van der Waals surface area contributed by atoms with Gasteiger partial charge in [0.2, 0.25) is 0 Å². The van der Waals surface area contributed by atoms with Crippen molar-refractivity contribution in [2.45, 2.75) is 96.4 Å². The van der Waals surface area contributed by atoms with Crippen LogP contribution in [-0.4, -0.2) is 29.9 Å². The van der Waals surface area contributed by atoms with Crippen molar-refractivity contribution in [3.8, 4) is 0 Å². The van der Waals surface area contributed by atoms with E-state index in [2.05, 4.69) is 12.2 Å². The van der Waals surface area contributed by atoms with Crippen molar-refractivity contribution >= 4 is 17.7 Å². The summed E-state index contributed by atoms with van der Waals surface area (Å²) in [6.07, 6.45) is 20.5. The summed E-state index contributed by atoms with van der Waals surface area (Å²) in [6.45, 7) is 1.87. The van der Waals surface area contributed by atoms with E-state index < -0.39 is 6.29 Å². The number of hydrogen-bond acceptors (Lipinski definition) is 4. The van der Waals surface area contributed by atoms with E-state index in [0.717, 1.165) is 48.2 Å². The van der Waals surface area contributed by atoms with Crippen molar-refractivity contribution < 1.29 is 14.3 Å². The summed E-state index contributed by atoms with van der Waals surface area (Å²) in [5.41, 5.74) is 0. The first-order valence-electron chi connectivity index (χ1n) is 12.2. The fourth-order valence-corrected chi connectivity index (χ4v) is 7.47. The van der Waals surface area contributed by atoms with Gasteiger partial charge in [-0.15, -0.1) is 11.8 Å². The van der Waals surface area contributed by atoms with E-state index in [0.29, 0.717) is 5.75 Å². The molecule has 4 aliphatic rings. The minimum atomic E-state index is -0.402. The third-order valence-corrected chi connectivity index (χ3v) is 9.12. The third-order valence-electron chi connectivity index (χ3n) is 7.98. The van der Waals surface area contributed by atoms with Crippen LogP contribution in [0.1, 0.15) is 84.0 Å². The van der Waals surface area contributed by atoms with E-state index in [4.69, 9.17) is 9.47 Å². The number of fused-ring (bicyclic) bond motifs is 2. The topological polar surface area (TPSA) is 35.5 Å². The lowest BCUT2D eigenvalue weighted by atomic mass is 9.59. The summed E-state index contributed by atoms with van der Waals surface area (Å²) in [7, 11) is 0. The molecule has 3 fully saturated rings. The second kappa shape index (κ2) is 10.7. The summed E-state index contributed by atoms with van der Waals surface area (Å²) >= 11 is 1.78. The molecule has 0 saturated heterocycles. The van der Waals surface area contributed by atoms with Gasteiger partial charge in [0.05, 0.1) is 11.9 Å². The highest BCUT2D eigenvalue weighted by atomic mass is 32.2. The van der Waals surface area contributed by atoms with E-state index in [-0.39, 0.29) is 12.1 Å². The number of esters is 1. The van der Waals surface area contributed by atoms with Crippen molar-refractivity contribution in [2.75, 3.05) is 11.5 Å². The Morgan fingerprint density at radius 1 is 0.931 bits per heavy atom. The highest BCUT2D eigenvalue weighted by molar-refractivity contribution is 7.99. The summed E-state index contributed by atoms with van der Waals surface area (Å²) in [4.78, 5) is 12.2. The Morgan fingerprint density at radius 2 is 1.66 bits per heavy atom. The van der Waals surface area contributed by atoms with Gasteiger partial charge in [-0.3, -0.25) is 4.79 Å². The monoisotopic (exact) mass is 420 g/mol. The number of carbonyl (C=O) groups is 1. The van der Waals surface area contributed by atoms with Gasteiger partial charge in [0.25, 0.3) is 0 Å². The van der Waals surface area contributed by atoms with Crippen LogP contribution >= 0.6 is 11.8 Å². The standard InChI is InChI=1S/C25H40O3S/c1-18(27-24-9-3-2-4-10-24)28-25(26)17-29-16-19-11-12-22-14-20-7-5-6-8-21(20)15-23(22)13-19/h5-6,18-24H,2-4,7-17H2,1H3/t18?,19?,20?,21-,22-,23+/m1/s1. The van der Waals surface area contributed by atoms with Crippen molar-refractivity contribution in [2.24, 2.45) is 29.6 Å². The van der Waals surface area contributed by atoms with Gasteiger partial charge in [-0.05, 0) is 100 Å². The third kappa shape index (κ3) is 6.26. The quantitative estimate of drug-likeness (QED) is 0.272. The number of ether oxygens (including phenoxy) is 2. The van der Waals surface area contributed by atoms with Crippen molar-refractivity contribution in [3.63, 3.8) is 0 Å². The van der Waals surface area contributed by atoms with Crippen LogP contribution in [0.5, 0.6) is 0 Å². The van der Waals surface area contributed by atoms with E-state index in [1.807, 2.05) is 6.92 Å². The Balaban J connectivity index is 1.12. The van der Waals surface area contributed by atoms with Gasteiger partial charge in [0.15, 0.2) is 6.29 Å². The predicted octanol–water partition coefficient (Wildman–Crippen LogP) is 6.37. The number of rotatable bonds is 7. The molecule has 3 unspecified atom stereocenters. The SMILES string of the molecule is CC(OC(=O)CSCC1CC[C@@H]2CC3CC=CC[C@@H]3C[C@@H]2C1)OC1CCCCC1. The number of hydrogen-bond donors (Lipinski definition) is 0. The zero-order valence-electron chi connectivity index (χ0n) is 18.2. The molecule has 3 saturated carbocycles. The molecule has 3 nitrogen and oxygen atoms in total. The van der Waals surface area contributed by atoms with E-state index >= 15 is 0 Å². The number of carbonyl (C=O) groups excluding carboxylic acids is 1. The first-order valence-corrected chi connectivity index (χ1v) is 13.4. The Bertz CT molecular complexity index is 556. The van der Waals surface area contributed by atoms with Crippen molar-refractivity contribution in [1.82, 2.24) is 0 Å². The Morgan fingerprint density at radius 3 is 2.41 bits per heavy atom. The molecular weight excluding hydrogens is 380 g/mol. The lowest BCUT2D eigenvalue weighted by Gasteiger charge is -2.46. The maximum absolute atomic E-state index is 12.2. The second-order valence-electron chi connectivity index (χ2n) is 10.1. The maximum Gasteiger partial charge on any atom is 0.318 e. The molecule has 0 heterocycles. The number of allylic oxidation sites excluding steroid dienone is 2. The molecule has 0 N–H and O–H groups in total. The Kier molecular flexibility index (Phi) is 8.03. The van der Waals surface area contributed by atoms with Gasteiger partial charge in [-0.1, -0.05) is 31.4 Å². The van der Waals surface area contributed by atoms with Crippen LogP contribution in [0.2, 0.25) is 0 Å². The molecule has 0 aromatic heterocycles. The van der Waals surface area contributed by atoms with Crippen molar-refractivity contribution in [3.05, 3.63) is 12.2 Å².